The van der Waals surface area contributed by atoms with Crippen LogP contribution in [0.15, 0.2) is 5.16 Å². The molecule has 17 heavy (non-hydrogen) atoms. The fourth-order valence-electron chi connectivity index (χ4n) is 0.922. The third kappa shape index (κ3) is 5.63. The molecule has 0 aromatic rings. The van der Waals surface area contributed by atoms with Crippen LogP contribution >= 0.6 is 0 Å². The maximum absolute atomic E-state index is 12.3. The van der Waals surface area contributed by atoms with Crippen LogP contribution in [0, 0.1) is 5.92 Å². The summed E-state index contributed by atoms with van der Waals surface area (Å²) < 4.78 is 60.6. The Morgan fingerprint density at radius 1 is 1.29 bits per heavy atom. The summed E-state index contributed by atoms with van der Waals surface area (Å²) in [5.74, 6) is -3.39. The van der Waals surface area contributed by atoms with E-state index in [2.05, 4.69) is 5.16 Å². The molecule has 102 valence electrons. The molecule has 0 aliphatic carbocycles. The number of amidine groups is 1. The summed E-state index contributed by atoms with van der Waals surface area (Å²) in [4.78, 5) is 0. The van der Waals surface area contributed by atoms with Crippen LogP contribution in [0.3, 0.4) is 0 Å². The summed E-state index contributed by atoms with van der Waals surface area (Å²) in [6.45, 7) is -1.61. The van der Waals surface area contributed by atoms with Gasteiger partial charge in [0.25, 0.3) is 6.43 Å². The lowest BCUT2D eigenvalue weighted by Gasteiger charge is -2.20. The largest absolute Gasteiger partial charge is 0.409 e. The summed E-state index contributed by atoms with van der Waals surface area (Å²) in [5, 5.41) is 20.9. The second-order valence-electron chi connectivity index (χ2n) is 3.18. The van der Waals surface area contributed by atoms with Crippen molar-refractivity contribution in [3.05, 3.63) is 0 Å². The van der Waals surface area contributed by atoms with Crippen LogP contribution in [-0.4, -0.2) is 47.9 Å². The van der Waals surface area contributed by atoms with Crippen LogP contribution in [0.25, 0.3) is 0 Å². The van der Waals surface area contributed by atoms with Gasteiger partial charge in [0.2, 0.25) is 0 Å². The predicted octanol–water partition coefficient (Wildman–Crippen LogP) is 0.127. The molecule has 0 fully saturated rings. The number of hydrogen-bond donors (Lipinski definition) is 4. The average molecular weight is 265 g/mol. The SMILES string of the molecule is NC(=NO)C(CNCC(O)C(F)F)C(F)(F)F. The Morgan fingerprint density at radius 2 is 1.82 bits per heavy atom. The molecule has 2 unspecified atom stereocenters. The topological polar surface area (TPSA) is 90.9 Å². The van der Waals surface area contributed by atoms with Crippen molar-refractivity contribution in [2.75, 3.05) is 13.1 Å². The molecule has 0 aliphatic heterocycles. The minimum absolute atomic E-state index is 0.733. The summed E-state index contributed by atoms with van der Waals surface area (Å²) in [6.07, 6.45) is -9.91. The molecule has 0 aliphatic rings. The Balaban J connectivity index is 4.30. The number of halogens is 5. The van der Waals surface area contributed by atoms with Gasteiger partial charge in [-0.25, -0.2) is 8.78 Å². The monoisotopic (exact) mass is 265 g/mol. The number of rotatable bonds is 6. The molecular formula is C7H12F5N3O2. The molecule has 0 spiro atoms. The molecule has 0 saturated carbocycles. The van der Waals surface area contributed by atoms with E-state index in [0.29, 0.717) is 0 Å². The molecule has 0 radical (unpaired) electrons. The van der Waals surface area contributed by atoms with Crippen molar-refractivity contribution in [1.82, 2.24) is 5.32 Å². The van der Waals surface area contributed by atoms with Crippen molar-refractivity contribution in [2.45, 2.75) is 18.7 Å². The molecule has 0 amide bonds. The minimum atomic E-state index is -4.78. The fraction of sp³-hybridized carbons (Fsp3) is 0.857. The third-order valence-corrected chi connectivity index (χ3v) is 1.86. The molecule has 0 aromatic carbocycles. The summed E-state index contributed by atoms with van der Waals surface area (Å²) >= 11 is 0. The first kappa shape index (κ1) is 15.8. The highest BCUT2D eigenvalue weighted by Gasteiger charge is 2.42. The first-order valence-corrected chi connectivity index (χ1v) is 4.41. The van der Waals surface area contributed by atoms with Crippen LogP contribution in [0.5, 0.6) is 0 Å². The van der Waals surface area contributed by atoms with Crippen LogP contribution in [0.1, 0.15) is 0 Å². The van der Waals surface area contributed by atoms with Gasteiger partial charge >= 0.3 is 6.18 Å². The lowest BCUT2D eigenvalue weighted by molar-refractivity contribution is -0.155. The van der Waals surface area contributed by atoms with Crippen LogP contribution in [0.2, 0.25) is 0 Å². The second kappa shape index (κ2) is 6.55. The molecular weight excluding hydrogens is 253 g/mol. The quantitative estimate of drug-likeness (QED) is 0.181. The van der Waals surface area contributed by atoms with Crippen molar-refractivity contribution in [3.8, 4) is 0 Å². The Kier molecular flexibility index (Phi) is 6.10. The second-order valence-corrected chi connectivity index (χ2v) is 3.18. The number of aliphatic hydroxyl groups excluding tert-OH is 1. The van der Waals surface area contributed by atoms with Gasteiger partial charge < -0.3 is 21.4 Å². The molecule has 0 rings (SSSR count). The van der Waals surface area contributed by atoms with E-state index in [4.69, 9.17) is 16.0 Å². The maximum Gasteiger partial charge on any atom is 0.400 e. The van der Waals surface area contributed by atoms with E-state index in [0.717, 1.165) is 0 Å². The maximum atomic E-state index is 12.3. The number of nitrogens with zero attached hydrogens (tertiary/aromatic N) is 1. The molecule has 0 saturated heterocycles. The van der Waals surface area contributed by atoms with E-state index in [9.17, 15) is 22.0 Å². The van der Waals surface area contributed by atoms with E-state index in [-0.39, 0.29) is 0 Å². The van der Waals surface area contributed by atoms with Crippen molar-refractivity contribution in [1.29, 1.82) is 0 Å². The summed E-state index contributed by atoms with van der Waals surface area (Å²) in [6, 6.07) is 0. The Hall–Kier alpha value is -1.16. The lowest BCUT2D eigenvalue weighted by Crippen LogP contribution is -2.45. The summed E-state index contributed by atoms with van der Waals surface area (Å²) in [7, 11) is 0. The molecule has 10 heteroatoms. The van der Waals surface area contributed by atoms with Crippen molar-refractivity contribution < 1.29 is 32.3 Å². The van der Waals surface area contributed by atoms with Crippen LogP contribution in [-0.2, 0) is 0 Å². The normalized spacial score (nSPS) is 17.2. The van der Waals surface area contributed by atoms with Gasteiger partial charge in [0.1, 0.15) is 12.0 Å². The zero-order chi connectivity index (χ0) is 13.6. The number of alkyl halides is 5. The third-order valence-electron chi connectivity index (χ3n) is 1.86. The highest BCUT2D eigenvalue weighted by molar-refractivity contribution is 5.83. The standard InChI is InChI=1S/C7H12F5N3O2/c8-5(9)4(16)2-14-1-3(6(13)15-17)7(10,11)12/h3-5,14,16-17H,1-2H2,(H2,13,15). The van der Waals surface area contributed by atoms with Gasteiger partial charge in [0.05, 0.1) is 0 Å². The Bertz CT molecular complexity index is 258. The molecule has 0 heterocycles. The van der Waals surface area contributed by atoms with E-state index in [1.165, 1.54) is 0 Å². The summed E-state index contributed by atoms with van der Waals surface area (Å²) in [5.41, 5.74) is 4.81. The molecule has 0 aromatic heterocycles. The number of aliphatic hydroxyl groups is 1. The van der Waals surface area contributed by atoms with Crippen molar-refractivity contribution >= 4 is 5.84 Å². The molecule has 5 nitrogen and oxygen atoms in total. The smallest absolute Gasteiger partial charge is 0.400 e. The highest BCUT2D eigenvalue weighted by Crippen LogP contribution is 2.25. The van der Waals surface area contributed by atoms with Gasteiger partial charge in [-0.05, 0) is 0 Å². The average Bonchev–Trinajstić information content (AvgIpc) is 2.21. The van der Waals surface area contributed by atoms with Crippen molar-refractivity contribution in [3.63, 3.8) is 0 Å². The Labute approximate surface area is 93.1 Å². The first-order chi connectivity index (χ1) is 7.70. The Morgan fingerprint density at radius 3 is 2.18 bits per heavy atom. The number of nitrogens with one attached hydrogen (secondary N) is 1. The van der Waals surface area contributed by atoms with E-state index in [1.54, 1.807) is 0 Å². The zero-order valence-corrected chi connectivity index (χ0v) is 8.46. The van der Waals surface area contributed by atoms with Gasteiger partial charge in [0, 0.05) is 13.1 Å². The number of hydrogen-bond acceptors (Lipinski definition) is 4. The van der Waals surface area contributed by atoms with Gasteiger partial charge in [-0.1, -0.05) is 5.16 Å². The molecule has 2 atom stereocenters. The van der Waals surface area contributed by atoms with E-state index in [1.807, 2.05) is 5.32 Å². The van der Waals surface area contributed by atoms with Crippen LogP contribution < -0.4 is 11.1 Å². The van der Waals surface area contributed by atoms with Gasteiger partial charge in [-0.2, -0.15) is 13.2 Å². The van der Waals surface area contributed by atoms with Gasteiger partial charge in [-0.15, -0.1) is 0 Å². The lowest BCUT2D eigenvalue weighted by atomic mass is 10.1. The van der Waals surface area contributed by atoms with E-state index >= 15 is 0 Å². The fourth-order valence-corrected chi connectivity index (χ4v) is 0.922. The molecule has 0 bridgehead atoms. The number of oxime groups is 1. The minimum Gasteiger partial charge on any atom is -0.409 e. The van der Waals surface area contributed by atoms with Crippen LogP contribution in [0.4, 0.5) is 22.0 Å². The van der Waals surface area contributed by atoms with Gasteiger partial charge in [-0.3, -0.25) is 0 Å². The number of nitrogens with two attached hydrogens (primary N) is 1. The van der Waals surface area contributed by atoms with E-state index < -0.39 is 43.5 Å². The van der Waals surface area contributed by atoms with Crippen molar-refractivity contribution in [2.24, 2.45) is 16.8 Å². The van der Waals surface area contributed by atoms with Gasteiger partial charge in [0.15, 0.2) is 5.84 Å². The highest BCUT2D eigenvalue weighted by atomic mass is 19.4. The molecule has 5 N–H and O–H groups in total. The predicted molar refractivity (Wildman–Crippen MR) is 47.8 cm³/mol. The zero-order valence-electron chi connectivity index (χ0n) is 8.46. The first-order valence-electron chi connectivity index (χ1n) is 4.41.